The molecule has 0 saturated carbocycles. The lowest BCUT2D eigenvalue weighted by Crippen LogP contribution is -2.47. The van der Waals surface area contributed by atoms with E-state index in [2.05, 4.69) is 22.3 Å². The second-order valence-corrected chi connectivity index (χ2v) is 7.59. The minimum atomic E-state index is 0.452. The molecule has 0 radical (unpaired) electrons. The molecule has 130 valence electrons. The topological polar surface area (TPSA) is 33.7 Å². The summed E-state index contributed by atoms with van der Waals surface area (Å²) in [5.74, 6) is 2.34. The third-order valence-electron chi connectivity index (χ3n) is 5.64. The second-order valence-electron chi connectivity index (χ2n) is 7.16. The van der Waals surface area contributed by atoms with Crippen molar-refractivity contribution < 1.29 is 9.47 Å². The Bertz CT molecular complexity index is 813. The van der Waals surface area contributed by atoms with Gasteiger partial charge in [-0.3, -0.25) is 0 Å². The summed E-state index contributed by atoms with van der Waals surface area (Å²) in [4.78, 5) is 2.44. The number of nitrogens with zero attached hydrogens (tertiary/aromatic N) is 1. The zero-order chi connectivity index (χ0) is 17.0. The third kappa shape index (κ3) is 2.47. The minimum absolute atomic E-state index is 0.452. The van der Waals surface area contributed by atoms with Crippen LogP contribution in [0.1, 0.15) is 25.7 Å². The molecule has 0 spiro atoms. The van der Waals surface area contributed by atoms with E-state index < -0.39 is 0 Å². The summed E-state index contributed by atoms with van der Waals surface area (Å²) >= 11 is 6.23. The standard InChI is InChI=1S/C20H21ClN2O2/c1-24-18-4-2-3-17-20(18)25-19-9-12(21)5-8-16(19)23(17)15-10-13-6-7-14(11-15)22-13/h2-5,8-9,13-15,22H,6-7,10-11H2,1H3/t13-,14+,15?. The molecule has 2 bridgehead atoms. The summed E-state index contributed by atoms with van der Waals surface area (Å²) in [6.45, 7) is 0. The summed E-state index contributed by atoms with van der Waals surface area (Å²) < 4.78 is 11.8. The van der Waals surface area contributed by atoms with Gasteiger partial charge in [-0.05, 0) is 49.9 Å². The van der Waals surface area contributed by atoms with E-state index >= 15 is 0 Å². The van der Waals surface area contributed by atoms with Gasteiger partial charge in [-0.25, -0.2) is 0 Å². The van der Waals surface area contributed by atoms with E-state index in [1.807, 2.05) is 24.3 Å². The molecule has 3 heterocycles. The summed E-state index contributed by atoms with van der Waals surface area (Å²) in [7, 11) is 1.68. The number of hydrogen-bond donors (Lipinski definition) is 1. The maximum atomic E-state index is 6.23. The summed E-state index contributed by atoms with van der Waals surface area (Å²) in [5.41, 5.74) is 2.18. The number of fused-ring (bicyclic) bond motifs is 4. The van der Waals surface area contributed by atoms with Crippen LogP contribution in [0.15, 0.2) is 36.4 Å². The van der Waals surface area contributed by atoms with Crippen LogP contribution in [0, 0.1) is 0 Å². The normalized spacial score (nSPS) is 26.6. The van der Waals surface area contributed by atoms with E-state index in [4.69, 9.17) is 21.1 Å². The van der Waals surface area contributed by atoms with Gasteiger partial charge in [0.15, 0.2) is 17.2 Å². The molecular formula is C20H21ClN2O2. The van der Waals surface area contributed by atoms with E-state index in [9.17, 15) is 0 Å². The van der Waals surface area contributed by atoms with Crippen molar-refractivity contribution in [3.63, 3.8) is 0 Å². The highest BCUT2D eigenvalue weighted by molar-refractivity contribution is 6.30. The Morgan fingerprint density at radius 3 is 2.68 bits per heavy atom. The predicted molar refractivity (Wildman–Crippen MR) is 99.6 cm³/mol. The number of piperidine rings is 1. The molecule has 3 aliphatic heterocycles. The van der Waals surface area contributed by atoms with Crippen LogP contribution in [-0.4, -0.2) is 25.2 Å². The average Bonchev–Trinajstić information content (AvgIpc) is 2.97. The first-order valence-electron chi connectivity index (χ1n) is 8.92. The number of hydrogen-bond acceptors (Lipinski definition) is 4. The lowest BCUT2D eigenvalue weighted by molar-refractivity contribution is 0.347. The number of nitrogens with one attached hydrogen (secondary N) is 1. The fraction of sp³-hybridized carbons (Fsp3) is 0.400. The van der Waals surface area contributed by atoms with Gasteiger partial charge in [0.1, 0.15) is 0 Å². The maximum absolute atomic E-state index is 6.23. The molecule has 0 amide bonds. The zero-order valence-electron chi connectivity index (χ0n) is 14.2. The molecule has 1 N–H and O–H groups in total. The molecule has 0 aromatic heterocycles. The molecular weight excluding hydrogens is 336 g/mol. The number of anilines is 2. The summed E-state index contributed by atoms with van der Waals surface area (Å²) in [6.07, 6.45) is 4.86. The van der Waals surface area contributed by atoms with Gasteiger partial charge in [0.25, 0.3) is 0 Å². The van der Waals surface area contributed by atoms with Gasteiger partial charge in [-0.2, -0.15) is 0 Å². The molecule has 1 unspecified atom stereocenters. The molecule has 0 aliphatic carbocycles. The monoisotopic (exact) mass is 356 g/mol. The quantitative estimate of drug-likeness (QED) is 0.831. The van der Waals surface area contributed by atoms with Gasteiger partial charge < -0.3 is 19.7 Å². The first-order valence-corrected chi connectivity index (χ1v) is 9.30. The number of methoxy groups -OCH3 is 1. The second kappa shape index (κ2) is 5.82. The van der Waals surface area contributed by atoms with Crippen LogP contribution in [0.25, 0.3) is 0 Å². The average molecular weight is 357 g/mol. The zero-order valence-corrected chi connectivity index (χ0v) is 14.9. The van der Waals surface area contributed by atoms with Crippen LogP contribution in [0.4, 0.5) is 11.4 Å². The Morgan fingerprint density at radius 2 is 1.92 bits per heavy atom. The Morgan fingerprint density at radius 1 is 1.12 bits per heavy atom. The lowest BCUT2D eigenvalue weighted by Gasteiger charge is -2.42. The van der Waals surface area contributed by atoms with Gasteiger partial charge in [-0.1, -0.05) is 17.7 Å². The third-order valence-corrected chi connectivity index (χ3v) is 5.88. The van der Waals surface area contributed by atoms with Gasteiger partial charge in [0, 0.05) is 29.2 Å². The van der Waals surface area contributed by atoms with Crippen molar-refractivity contribution in [1.29, 1.82) is 0 Å². The van der Waals surface area contributed by atoms with Crippen LogP contribution in [0.5, 0.6) is 17.2 Å². The van der Waals surface area contributed by atoms with Crippen LogP contribution < -0.4 is 19.7 Å². The number of halogens is 1. The van der Waals surface area contributed by atoms with E-state index in [0.29, 0.717) is 23.1 Å². The molecule has 25 heavy (non-hydrogen) atoms. The summed E-state index contributed by atoms with van der Waals surface area (Å²) in [6, 6.07) is 13.7. The predicted octanol–water partition coefficient (Wildman–Crippen LogP) is 4.88. The van der Waals surface area contributed by atoms with Crippen molar-refractivity contribution in [2.24, 2.45) is 0 Å². The van der Waals surface area contributed by atoms with E-state index in [0.717, 1.165) is 41.5 Å². The number of rotatable bonds is 2. The maximum Gasteiger partial charge on any atom is 0.192 e. The minimum Gasteiger partial charge on any atom is -0.493 e. The van der Waals surface area contributed by atoms with Crippen molar-refractivity contribution >= 4 is 23.0 Å². The molecule has 5 rings (SSSR count). The van der Waals surface area contributed by atoms with E-state index in [1.165, 1.54) is 12.8 Å². The van der Waals surface area contributed by atoms with Gasteiger partial charge >= 0.3 is 0 Å². The van der Waals surface area contributed by atoms with Gasteiger partial charge in [-0.15, -0.1) is 0 Å². The molecule has 3 aliphatic rings. The van der Waals surface area contributed by atoms with Crippen molar-refractivity contribution in [3.8, 4) is 17.2 Å². The van der Waals surface area contributed by atoms with E-state index in [-0.39, 0.29) is 0 Å². The smallest absolute Gasteiger partial charge is 0.192 e. The molecule has 4 nitrogen and oxygen atoms in total. The Hall–Kier alpha value is -1.91. The Balaban J connectivity index is 1.64. The first kappa shape index (κ1) is 15.4. The van der Waals surface area contributed by atoms with Crippen molar-refractivity contribution in [2.45, 2.75) is 43.8 Å². The fourth-order valence-corrected chi connectivity index (χ4v) is 4.76. The highest BCUT2D eigenvalue weighted by Crippen LogP contribution is 2.53. The lowest BCUT2D eigenvalue weighted by atomic mass is 9.96. The van der Waals surface area contributed by atoms with Crippen LogP contribution >= 0.6 is 11.6 Å². The molecule has 2 saturated heterocycles. The van der Waals surface area contributed by atoms with Crippen molar-refractivity contribution in [3.05, 3.63) is 41.4 Å². The highest BCUT2D eigenvalue weighted by atomic mass is 35.5. The van der Waals surface area contributed by atoms with Gasteiger partial charge in [0.05, 0.1) is 18.5 Å². The SMILES string of the molecule is COc1cccc2c1Oc1cc(Cl)ccc1N2C1C[C@H]2CC[C@@H](C1)N2. The van der Waals surface area contributed by atoms with E-state index in [1.54, 1.807) is 7.11 Å². The first-order chi connectivity index (χ1) is 12.2. The highest BCUT2D eigenvalue weighted by Gasteiger charge is 2.40. The van der Waals surface area contributed by atoms with Crippen molar-refractivity contribution in [1.82, 2.24) is 5.32 Å². The van der Waals surface area contributed by atoms with Crippen LogP contribution in [0.3, 0.4) is 0 Å². The van der Waals surface area contributed by atoms with Crippen LogP contribution in [-0.2, 0) is 0 Å². The molecule has 2 fully saturated rings. The molecule has 5 heteroatoms. The number of ether oxygens (including phenoxy) is 2. The Labute approximate surface area is 152 Å². The number of para-hydroxylation sites is 1. The Kier molecular flexibility index (Phi) is 3.57. The molecule has 2 aromatic rings. The number of benzene rings is 2. The largest absolute Gasteiger partial charge is 0.493 e. The van der Waals surface area contributed by atoms with Crippen molar-refractivity contribution in [2.75, 3.05) is 12.0 Å². The summed E-state index contributed by atoms with van der Waals surface area (Å²) in [5, 5.41) is 4.42. The molecule has 3 atom stereocenters. The van der Waals surface area contributed by atoms with Crippen LogP contribution in [0.2, 0.25) is 5.02 Å². The fourth-order valence-electron chi connectivity index (χ4n) is 4.60. The molecule has 2 aromatic carbocycles. The van der Waals surface area contributed by atoms with Gasteiger partial charge in [0.2, 0.25) is 0 Å².